The number of hydrogen-bond donors (Lipinski definition) is 1. The summed E-state index contributed by atoms with van der Waals surface area (Å²) in [4.78, 5) is 17.1. The Kier molecular flexibility index (Phi) is 4.88. The summed E-state index contributed by atoms with van der Waals surface area (Å²) in [6, 6.07) is 11.2. The van der Waals surface area contributed by atoms with Crippen LogP contribution in [0.3, 0.4) is 0 Å². The summed E-state index contributed by atoms with van der Waals surface area (Å²) in [5.41, 5.74) is 2.76. The van der Waals surface area contributed by atoms with Crippen LogP contribution in [-0.2, 0) is 18.4 Å². The maximum absolute atomic E-state index is 12.5. The molecule has 6 nitrogen and oxygen atoms in total. The van der Waals surface area contributed by atoms with Crippen molar-refractivity contribution in [1.29, 1.82) is 0 Å². The minimum Gasteiger partial charge on any atom is -0.454 e. The molecule has 3 aromatic rings. The number of carbonyl (C=O) groups is 1. The highest BCUT2D eigenvalue weighted by atomic mass is 35.5. The summed E-state index contributed by atoms with van der Waals surface area (Å²) in [5, 5.41) is 4.09. The standard InChI is InChI=1S/C19H18ClN3O3S/c1-11(27-19-22-14-8-13(20)4-5-15(14)23(19)2)18(24)21-9-12-3-6-16-17(7-12)26-10-25-16/h3-8,11H,9-10H2,1-2H3,(H,21,24)/t11-/m1/s1. The second-order valence-electron chi connectivity index (χ2n) is 6.25. The zero-order chi connectivity index (χ0) is 19.0. The quantitative estimate of drug-likeness (QED) is 0.657. The highest BCUT2D eigenvalue weighted by molar-refractivity contribution is 8.00. The van der Waals surface area contributed by atoms with Gasteiger partial charge >= 0.3 is 0 Å². The van der Waals surface area contributed by atoms with Crippen molar-refractivity contribution in [2.75, 3.05) is 6.79 Å². The number of carbonyl (C=O) groups excluding carboxylic acids is 1. The Morgan fingerprint density at radius 3 is 2.96 bits per heavy atom. The number of halogens is 1. The lowest BCUT2D eigenvalue weighted by molar-refractivity contribution is -0.120. The van der Waals surface area contributed by atoms with Gasteiger partial charge in [-0.2, -0.15) is 0 Å². The summed E-state index contributed by atoms with van der Waals surface area (Å²) in [7, 11) is 1.93. The number of imidazole rings is 1. The first-order valence-electron chi connectivity index (χ1n) is 8.46. The van der Waals surface area contributed by atoms with E-state index in [0.717, 1.165) is 27.5 Å². The molecule has 1 N–H and O–H groups in total. The number of aryl methyl sites for hydroxylation is 1. The van der Waals surface area contributed by atoms with Gasteiger partial charge in [0.05, 0.1) is 16.3 Å². The number of aromatic nitrogens is 2. The van der Waals surface area contributed by atoms with Crippen molar-refractivity contribution >= 4 is 40.3 Å². The normalized spacial score (nSPS) is 13.7. The molecule has 1 aromatic heterocycles. The van der Waals surface area contributed by atoms with Crippen LogP contribution in [0.2, 0.25) is 5.02 Å². The molecule has 2 aromatic carbocycles. The summed E-state index contributed by atoms with van der Waals surface area (Å²) >= 11 is 7.45. The Bertz CT molecular complexity index is 1020. The summed E-state index contributed by atoms with van der Waals surface area (Å²) in [5.74, 6) is 1.39. The molecule has 27 heavy (non-hydrogen) atoms. The zero-order valence-electron chi connectivity index (χ0n) is 14.9. The lowest BCUT2D eigenvalue weighted by Crippen LogP contribution is -2.30. The average Bonchev–Trinajstić information content (AvgIpc) is 3.23. The number of ether oxygens (including phenoxy) is 2. The molecule has 2 heterocycles. The molecular weight excluding hydrogens is 386 g/mol. The van der Waals surface area contributed by atoms with Crippen molar-refractivity contribution in [3.8, 4) is 11.5 Å². The molecule has 0 radical (unpaired) electrons. The predicted molar refractivity (Wildman–Crippen MR) is 105 cm³/mol. The van der Waals surface area contributed by atoms with Gasteiger partial charge in [-0.15, -0.1) is 0 Å². The fraction of sp³-hybridized carbons (Fsp3) is 0.263. The predicted octanol–water partition coefficient (Wildman–Crippen LogP) is 3.75. The topological polar surface area (TPSA) is 65.4 Å². The molecule has 0 unspecified atom stereocenters. The number of hydrogen-bond acceptors (Lipinski definition) is 5. The molecule has 8 heteroatoms. The van der Waals surface area contributed by atoms with Crippen molar-refractivity contribution in [2.24, 2.45) is 7.05 Å². The van der Waals surface area contributed by atoms with E-state index < -0.39 is 0 Å². The number of fused-ring (bicyclic) bond motifs is 2. The first-order chi connectivity index (χ1) is 13.0. The van der Waals surface area contributed by atoms with Crippen molar-refractivity contribution in [3.63, 3.8) is 0 Å². The van der Waals surface area contributed by atoms with Crippen LogP contribution in [0.4, 0.5) is 0 Å². The SMILES string of the molecule is C[C@@H](Sc1nc2cc(Cl)ccc2n1C)C(=O)NCc1ccc2c(c1)OCO2. The van der Waals surface area contributed by atoms with Crippen LogP contribution in [0.5, 0.6) is 11.5 Å². The average molecular weight is 404 g/mol. The zero-order valence-corrected chi connectivity index (χ0v) is 16.4. The van der Waals surface area contributed by atoms with Crippen molar-refractivity contribution in [2.45, 2.75) is 23.9 Å². The molecule has 4 rings (SSSR count). The van der Waals surface area contributed by atoms with Crippen LogP contribution in [0.1, 0.15) is 12.5 Å². The van der Waals surface area contributed by atoms with Crippen LogP contribution in [0.15, 0.2) is 41.6 Å². The van der Waals surface area contributed by atoms with Gasteiger partial charge in [0, 0.05) is 18.6 Å². The van der Waals surface area contributed by atoms with Crippen molar-refractivity contribution in [1.82, 2.24) is 14.9 Å². The third-order valence-corrected chi connectivity index (χ3v) is 5.74. The van der Waals surface area contributed by atoms with E-state index in [1.807, 2.05) is 54.9 Å². The lowest BCUT2D eigenvalue weighted by Gasteiger charge is -2.12. The molecule has 1 aliphatic rings. The highest BCUT2D eigenvalue weighted by Crippen LogP contribution is 2.32. The second-order valence-corrected chi connectivity index (χ2v) is 8.00. The number of amides is 1. The fourth-order valence-corrected chi connectivity index (χ4v) is 3.93. The number of benzene rings is 2. The van der Waals surface area contributed by atoms with Gasteiger partial charge in [-0.25, -0.2) is 4.98 Å². The van der Waals surface area contributed by atoms with Gasteiger partial charge in [0.25, 0.3) is 0 Å². The monoisotopic (exact) mass is 403 g/mol. The minimum absolute atomic E-state index is 0.0530. The van der Waals surface area contributed by atoms with E-state index in [4.69, 9.17) is 21.1 Å². The van der Waals surface area contributed by atoms with Crippen LogP contribution >= 0.6 is 23.4 Å². The van der Waals surface area contributed by atoms with E-state index in [-0.39, 0.29) is 18.0 Å². The van der Waals surface area contributed by atoms with Gasteiger partial charge in [0.2, 0.25) is 12.7 Å². The fourth-order valence-electron chi connectivity index (χ4n) is 2.85. The maximum Gasteiger partial charge on any atom is 0.233 e. The Balaban J connectivity index is 1.40. The van der Waals surface area contributed by atoms with Crippen molar-refractivity contribution in [3.05, 3.63) is 47.0 Å². The number of thioether (sulfide) groups is 1. The van der Waals surface area contributed by atoms with Gasteiger partial charge < -0.3 is 19.4 Å². The number of rotatable bonds is 5. The largest absolute Gasteiger partial charge is 0.454 e. The molecule has 140 valence electrons. The third-order valence-electron chi connectivity index (χ3n) is 4.36. The van der Waals surface area contributed by atoms with Crippen LogP contribution in [0.25, 0.3) is 11.0 Å². The maximum atomic E-state index is 12.5. The van der Waals surface area contributed by atoms with E-state index in [0.29, 0.717) is 17.3 Å². The van der Waals surface area contributed by atoms with Gasteiger partial charge in [-0.3, -0.25) is 4.79 Å². The Hall–Kier alpha value is -2.38. The van der Waals surface area contributed by atoms with E-state index in [2.05, 4.69) is 10.3 Å². The second kappa shape index (κ2) is 7.32. The lowest BCUT2D eigenvalue weighted by atomic mass is 10.2. The molecular formula is C19H18ClN3O3S. The van der Waals surface area contributed by atoms with E-state index >= 15 is 0 Å². The van der Waals surface area contributed by atoms with E-state index in [1.54, 1.807) is 0 Å². The molecule has 0 saturated carbocycles. The summed E-state index contributed by atoms with van der Waals surface area (Å²) in [6.07, 6.45) is 0. The first kappa shape index (κ1) is 18.0. The molecule has 0 aliphatic carbocycles. The van der Waals surface area contributed by atoms with Gasteiger partial charge in [0.15, 0.2) is 16.7 Å². The molecule has 0 spiro atoms. The number of nitrogens with one attached hydrogen (secondary N) is 1. The molecule has 1 aliphatic heterocycles. The third kappa shape index (κ3) is 3.70. The van der Waals surface area contributed by atoms with Crippen LogP contribution in [-0.4, -0.2) is 27.5 Å². The smallest absolute Gasteiger partial charge is 0.233 e. The minimum atomic E-state index is -0.287. The van der Waals surface area contributed by atoms with Gasteiger partial charge in [-0.1, -0.05) is 29.4 Å². The van der Waals surface area contributed by atoms with E-state index in [9.17, 15) is 4.79 Å². The van der Waals surface area contributed by atoms with Crippen LogP contribution in [0, 0.1) is 0 Å². The highest BCUT2D eigenvalue weighted by Gasteiger charge is 2.19. The number of nitrogens with zero attached hydrogens (tertiary/aromatic N) is 2. The molecule has 0 saturated heterocycles. The molecule has 0 bridgehead atoms. The van der Waals surface area contributed by atoms with Crippen molar-refractivity contribution < 1.29 is 14.3 Å². The molecule has 0 fully saturated rings. The van der Waals surface area contributed by atoms with Gasteiger partial charge in [0.1, 0.15) is 0 Å². The summed E-state index contributed by atoms with van der Waals surface area (Å²) < 4.78 is 12.6. The first-order valence-corrected chi connectivity index (χ1v) is 9.72. The van der Waals surface area contributed by atoms with E-state index in [1.165, 1.54) is 11.8 Å². The van der Waals surface area contributed by atoms with Gasteiger partial charge in [-0.05, 0) is 42.8 Å². The Morgan fingerprint density at radius 2 is 2.11 bits per heavy atom. The summed E-state index contributed by atoms with van der Waals surface area (Å²) in [6.45, 7) is 2.53. The van der Waals surface area contributed by atoms with Crippen LogP contribution < -0.4 is 14.8 Å². The molecule has 1 atom stereocenters. The Labute approximate surface area is 165 Å². The molecule has 1 amide bonds. The Morgan fingerprint density at radius 1 is 1.30 bits per heavy atom.